The van der Waals surface area contributed by atoms with Crippen LogP contribution in [0.1, 0.15) is 135 Å². The van der Waals surface area contributed by atoms with Crippen molar-refractivity contribution in [3.8, 4) is 5.75 Å². The van der Waals surface area contributed by atoms with Gasteiger partial charge in [-0.15, -0.1) is 0 Å². The van der Waals surface area contributed by atoms with E-state index in [1.807, 2.05) is 20.8 Å². The fourth-order valence-corrected chi connectivity index (χ4v) is 9.20. The molecule has 2 aromatic rings. The summed E-state index contributed by atoms with van der Waals surface area (Å²) in [5, 5.41) is 20.7. The van der Waals surface area contributed by atoms with E-state index in [1.165, 1.54) is 0 Å². The lowest BCUT2D eigenvalue weighted by Gasteiger charge is -2.29. The lowest BCUT2D eigenvalue weighted by Crippen LogP contribution is -2.60. The zero-order valence-electron chi connectivity index (χ0n) is 40.8. The minimum atomic E-state index is -4.16. The number of ether oxygens (including phenoxy) is 2. The second kappa shape index (κ2) is 24.5. The number of nitrogens with two attached hydrogens (primary N) is 1. The van der Waals surface area contributed by atoms with Gasteiger partial charge in [-0.25, -0.2) is 17.9 Å². The summed E-state index contributed by atoms with van der Waals surface area (Å²) in [7, 11) is -4.16. The number of hydrogen-bond acceptors (Lipinski definition) is 10. The molecular weight excluding hydrogens is 867 g/mol. The number of carbonyl (C=O) groups is 5. The quantitative estimate of drug-likeness (QED) is 0.0405. The lowest BCUT2D eigenvalue weighted by atomic mass is 9.94. The Hall–Kier alpha value is -5.23. The number of benzene rings is 2. The van der Waals surface area contributed by atoms with Gasteiger partial charge in [0, 0.05) is 31.4 Å². The predicted molar refractivity (Wildman–Crippen MR) is 255 cm³/mol. The lowest BCUT2D eigenvalue weighted by molar-refractivity contribution is -0.143. The van der Waals surface area contributed by atoms with Crippen LogP contribution in [0.3, 0.4) is 0 Å². The van der Waals surface area contributed by atoms with E-state index >= 15 is 0 Å². The summed E-state index contributed by atoms with van der Waals surface area (Å²) in [4.78, 5) is 71.4. The summed E-state index contributed by atoms with van der Waals surface area (Å²) >= 11 is 0. The van der Waals surface area contributed by atoms with Gasteiger partial charge in [-0.05, 0) is 103 Å². The number of carboxylic acids is 1. The van der Waals surface area contributed by atoms with E-state index in [1.54, 1.807) is 78.8 Å². The van der Waals surface area contributed by atoms with Crippen molar-refractivity contribution >= 4 is 45.6 Å². The van der Waals surface area contributed by atoms with Gasteiger partial charge in [-0.1, -0.05) is 76.8 Å². The first-order valence-corrected chi connectivity index (χ1v) is 24.5. The standard InChI is InChI=1S/C48H75N7O10S/c1-12-13-14-15-19-24-38(56)51-35(23-20-25-50-46(49)55-66(62,63)41-31(5)30(4)40-34(32(41)6)27-48(10,11)65-40)42(57)54-39(29(2)3)44(59)53-37(28-64-47(7,8)9)43(58)52-36(45(60)61)26-33-21-17-16-18-22-33/h16-18,21-22,29,35-37,39H,12-15,19-20,23-28H2,1-11H3,(H,51,56)(H,52,58)(H,53,59)(H,54,57)(H,60,61)(H3,49,50,55)/t35-,36-,37-,39-/m0/s1. The zero-order chi connectivity index (χ0) is 49.6. The molecule has 0 aromatic heterocycles. The molecule has 0 aliphatic carbocycles. The number of carboxylic acid groups (broad SMARTS) is 1. The highest BCUT2D eigenvalue weighted by Crippen LogP contribution is 2.43. The van der Waals surface area contributed by atoms with Crippen LogP contribution in [0.25, 0.3) is 0 Å². The number of carbonyl (C=O) groups excluding carboxylic acids is 4. The Morgan fingerprint density at radius 2 is 1.47 bits per heavy atom. The second-order valence-electron chi connectivity index (χ2n) is 19.2. The van der Waals surface area contributed by atoms with E-state index in [-0.39, 0.29) is 55.6 Å². The molecular formula is C48H75N7O10S. The Kier molecular flexibility index (Phi) is 20.5. The minimum Gasteiger partial charge on any atom is -0.487 e. The Balaban J connectivity index is 1.78. The minimum absolute atomic E-state index is 0.00404. The molecule has 0 unspecified atom stereocenters. The molecule has 0 saturated carbocycles. The molecule has 18 heteroatoms. The predicted octanol–water partition coefficient (Wildman–Crippen LogP) is 4.80. The summed E-state index contributed by atoms with van der Waals surface area (Å²) in [6.45, 7) is 19.7. The normalized spacial score (nSPS) is 15.4. The van der Waals surface area contributed by atoms with Crippen molar-refractivity contribution in [1.82, 2.24) is 26.0 Å². The average molecular weight is 942 g/mol. The largest absolute Gasteiger partial charge is 0.487 e. The van der Waals surface area contributed by atoms with Crippen LogP contribution in [0.5, 0.6) is 5.75 Å². The maximum atomic E-state index is 14.0. The molecule has 0 spiro atoms. The highest BCUT2D eigenvalue weighted by atomic mass is 32.2. The Labute approximate surface area is 391 Å². The Morgan fingerprint density at radius 1 is 0.848 bits per heavy atom. The van der Waals surface area contributed by atoms with Crippen molar-refractivity contribution < 1.29 is 47.0 Å². The van der Waals surface area contributed by atoms with Gasteiger partial charge >= 0.3 is 5.97 Å². The van der Waals surface area contributed by atoms with Gasteiger partial charge in [0.15, 0.2) is 0 Å². The van der Waals surface area contributed by atoms with Crippen LogP contribution < -0.4 is 36.5 Å². The third-order valence-corrected chi connectivity index (χ3v) is 13.0. The van der Waals surface area contributed by atoms with E-state index < -0.39 is 75.0 Å². The number of aliphatic imine (C=N–C) groups is 1. The molecule has 4 atom stereocenters. The summed E-state index contributed by atoms with van der Waals surface area (Å²) in [6, 6.07) is 3.84. The first-order chi connectivity index (χ1) is 30.8. The molecule has 0 saturated heterocycles. The van der Waals surface area contributed by atoms with Crippen molar-refractivity contribution in [3.63, 3.8) is 0 Å². The van der Waals surface area contributed by atoms with Crippen molar-refractivity contribution in [3.05, 3.63) is 58.1 Å². The van der Waals surface area contributed by atoms with Gasteiger partial charge in [-0.2, -0.15) is 0 Å². The summed E-state index contributed by atoms with van der Waals surface area (Å²) in [6.07, 6.45) is 5.51. The molecule has 2 aromatic carbocycles. The van der Waals surface area contributed by atoms with Gasteiger partial charge in [-0.3, -0.25) is 24.2 Å². The number of aliphatic carboxylic acids is 1. The van der Waals surface area contributed by atoms with E-state index in [0.29, 0.717) is 35.3 Å². The van der Waals surface area contributed by atoms with Crippen LogP contribution in [0, 0.1) is 26.7 Å². The first-order valence-electron chi connectivity index (χ1n) is 23.0. The van der Waals surface area contributed by atoms with E-state index in [2.05, 4.69) is 37.9 Å². The van der Waals surface area contributed by atoms with Gasteiger partial charge < -0.3 is 41.6 Å². The highest BCUT2D eigenvalue weighted by Gasteiger charge is 2.37. The van der Waals surface area contributed by atoms with Gasteiger partial charge in [0.05, 0.1) is 17.1 Å². The number of nitrogens with zero attached hydrogens (tertiary/aromatic N) is 1. The fourth-order valence-electron chi connectivity index (χ4n) is 7.68. The van der Waals surface area contributed by atoms with Crippen molar-refractivity contribution in [2.45, 2.75) is 181 Å². The van der Waals surface area contributed by atoms with Crippen molar-refractivity contribution in [2.24, 2.45) is 16.6 Å². The number of sulfonamides is 1. The number of hydrogen-bond donors (Lipinski definition) is 7. The SMILES string of the molecule is CCCCCCCC(=O)N[C@@H](CCCN=C(N)NS(=O)(=O)c1c(C)c(C)c2c(c1C)CC(C)(C)O2)C(=O)N[C@H](C(=O)N[C@@H](COC(C)(C)C)C(=O)N[C@@H](Cc1ccccc1)C(=O)O)C(C)C. The average Bonchev–Trinajstić information content (AvgIpc) is 3.56. The molecule has 1 aliphatic heterocycles. The molecule has 0 fully saturated rings. The molecule has 1 heterocycles. The smallest absolute Gasteiger partial charge is 0.326 e. The summed E-state index contributed by atoms with van der Waals surface area (Å²) < 4.78 is 41.9. The number of amides is 4. The van der Waals surface area contributed by atoms with Crippen LogP contribution in [0.15, 0.2) is 40.2 Å². The molecule has 17 nitrogen and oxygen atoms in total. The maximum absolute atomic E-state index is 14.0. The Morgan fingerprint density at radius 3 is 2.08 bits per heavy atom. The number of guanidine groups is 1. The first kappa shape index (κ1) is 55.1. The van der Waals surface area contributed by atoms with Gasteiger partial charge in [0.25, 0.3) is 10.0 Å². The van der Waals surface area contributed by atoms with E-state index in [4.69, 9.17) is 15.2 Å². The molecule has 0 bridgehead atoms. The van der Waals surface area contributed by atoms with Crippen molar-refractivity contribution in [1.29, 1.82) is 0 Å². The number of fused-ring (bicyclic) bond motifs is 1. The van der Waals surface area contributed by atoms with Gasteiger partial charge in [0.1, 0.15) is 35.5 Å². The number of nitrogens with one attached hydrogen (secondary N) is 5. The topological polar surface area (TPSA) is 257 Å². The highest BCUT2D eigenvalue weighted by molar-refractivity contribution is 7.90. The molecule has 3 rings (SSSR count). The van der Waals surface area contributed by atoms with Gasteiger partial charge in [0.2, 0.25) is 29.6 Å². The summed E-state index contributed by atoms with van der Waals surface area (Å²) in [5.74, 6) is -3.94. The second-order valence-corrected chi connectivity index (χ2v) is 20.8. The van der Waals surface area contributed by atoms with Crippen LogP contribution in [0.2, 0.25) is 0 Å². The monoisotopic (exact) mass is 942 g/mol. The number of unbranched alkanes of at least 4 members (excludes halogenated alkanes) is 4. The third kappa shape index (κ3) is 16.9. The Bertz CT molecular complexity index is 2150. The van der Waals surface area contributed by atoms with E-state index in [0.717, 1.165) is 36.8 Å². The van der Waals surface area contributed by atoms with Crippen LogP contribution in [0.4, 0.5) is 0 Å². The molecule has 66 heavy (non-hydrogen) atoms. The zero-order valence-corrected chi connectivity index (χ0v) is 41.6. The molecule has 4 amide bonds. The fraction of sp³-hybridized carbons (Fsp3) is 0.625. The summed E-state index contributed by atoms with van der Waals surface area (Å²) in [5.41, 5.74) is 8.27. The van der Waals surface area contributed by atoms with Crippen LogP contribution in [-0.2, 0) is 51.6 Å². The van der Waals surface area contributed by atoms with Crippen LogP contribution >= 0.6 is 0 Å². The molecule has 368 valence electrons. The number of rotatable bonds is 25. The maximum Gasteiger partial charge on any atom is 0.326 e. The molecule has 8 N–H and O–H groups in total. The molecule has 0 radical (unpaired) electrons. The third-order valence-electron chi connectivity index (χ3n) is 11.4. The van der Waals surface area contributed by atoms with Crippen molar-refractivity contribution in [2.75, 3.05) is 13.2 Å². The van der Waals surface area contributed by atoms with E-state index in [9.17, 15) is 37.5 Å². The van der Waals surface area contributed by atoms with Crippen LogP contribution in [-0.4, -0.2) is 97.6 Å². The molecule has 1 aliphatic rings.